The van der Waals surface area contributed by atoms with Gasteiger partial charge < -0.3 is 19.1 Å². The second-order valence-electron chi connectivity index (χ2n) is 8.22. The topological polar surface area (TPSA) is 85.4 Å². The van der Waals surface area contributed by atoms with Gasteiger partial charge in [0.1, 0.15) is 25.0 Å². The molecular weight excluding hydrogens is 444 g/mol. The third-order valence-corrected chi connectivity index (χ3v) is 7.92. The lowest BCUT2D eigenvalue weighted by Gasteiger charge is -2.33. The molecule has 1 amide bonds. The summed E-state index contributed by atoms with van der Waals surface area (Å²) in [5, 5.41) is 0. The van der Waals surface area contributed by atoms with Crippen LogP contribution in [0.5, 0.6) is 17.2 Å². The van der Waals surface area contributed by atoms with E-state index < -0.39 is 16.1 Å². The summed E-state index contributed by atoms with van der Waals surface area (Å²) in [4.78, 5) is 15.3. The minimum absolute atomic E-state index is 0.0399. The highest BCUT2D eigenvalue weighted by molar-refractivity contribution is 7.93. The number of hydrogen-bond acceptors (Lipinski definition) is 6. The SMILES string of the molecule is COc1ccc(N([C@H](C)C(=O)N2CCCCCC2)S(=O)(=O)c2ccc3c(c2)OCCO3)cc1. The molecule has 0 saturated carbocycles. The zero-order valence-corrected chi connectivity index (χ0v) is 19.8. The molecule has 9 heteroatoms. The lowest BCUT2D eigenvalue weighted by molar-refractivity contribution is -0.131. The molecule has 1 saturated heterocycles. The minimum Gasteiger partial charge on any atom is -0.497 e. The van der Waals surface area contributed by atoms with Gasteiger partial charge in [-0.3, -0.25) is 9.10 Å². The monoisotopic (exact) mass is 474 g/mol. The molecule has 0 aliphatic carbocycles. The van der Waals surface area contributed by atoms with Crippen LogP contribution in [-0.2, 0) is 14.8 Å². The van der Waals surface area contributed by atoms with Gasteiger partial charge in [-0.15, -0.1) is 0 Å². The third kappa shape index (κ3) is 4.88. The zero-order chi connectivity index (χ0) is 23.4. The van der Waals surface area contributed by atoms with Crippen molar-refractivity contribution >= 4 is 21.6 Å². The number of fused-ring (bicyclic) bond motifs is 1. The number of amides is 1. The first-order chi connectivity index (χ1) is 15.9. The van der Waals surface area contributed by atoms with Crippen LogP contribution in [0.1, 0.15) is 32.6 Å². The van der Waals surface area contributed by atoms with Gasteiger partial charge in [0.15, 0.2) is 11.5 Å². The van der Waals surface area contributed by atoms with E-state index in [0.29, 0.717) is 49.2 Å². The van der Waals surface area contributed by atoms with E-state index in [9.17, 15) is 13.2 Å². The molecule has 1 atom stereocenters. The van der Waals surface area contributed by atoms with Gasteiger partial charge in [-0.05, 0) is 56.2 Å². The van der Waals surface area contributed by atoms with Crippen LogP contribution in [0.15, 0.2) is 47.4 Å². The van der Waals surface area contributed by atoms with E-state index in [1.54, 1.807) is 49.3 Å². The second-order valence-corrected chi connectivity index (χ2v) is 10.0. The fourth-order valence-electron chi connectivity index (χ4n) is 4.25. The van der Waals surface area contributed by atoms with Crippen molar-refractivity contribution in [3.05, 3.63) is 42.5 Å². The van der Waals surface area contributed by atoms with Crippen LogP contribution >= 0.6 is 0 Å². The molecule has 0 aromatic heterocycles. The summed E-state index contributed by atoms with van der Waals surface area (Å²) in [6.45, 7) is 3.70. The van der Waals surface area contributed by atoms with E-state index >= 15 is 0 Å². The van der Waals surface area contributed by atoms with Crippen molar-refractivity contribution in [1.82, 2.24) is 4.90 Å². The highest BCUT2D eigenvalue weighted by Crippen LogP contribution is 2.35. The molecule has 1 fully saturated rings. The Kier molecular flexibility index (Phi) is 6.97. The van der Waals surface area contributed by atoms with Gasteiger partial charge in [0.25, 0.3) is 10.0 Å². The van der Waals surface area contributed by atoms with Crippen molar-refractivity contribution in [3.63, 3.8) is 0 Å². The number of nitrogens with zero attached hydrogens (tertiary/aromatic N) is 2. The van der Waals surface area contributed by atoms with Crippen molar-refractivity contribution in [3.8, 4) is 17.2 Å². The molecule has 2 aromatic rings. The molecule has 0 unspecified atom stereocenters. The maximum absolute atomic E-state index is 13.9. The average molecular weight is 475 g/mol. The van der Waals surface area contributed by atoms with E-state index in [4.69, 9.17) is 14.2 Å². The molecule has 178 valence electrons. The predicted molar refractivity (Wildman–Crippen MR) is 125 cm³/mol. The van der Waals surface area contributed by atoms with Crippen LogP contribution in [-0.4, -0.2) is 58.7 Å². The van der Waals surface area contributed by atoms with Crippen molar-refractivity contribution in [1.29, 1.82) is 0 Å². The number of rotatable bonds is 6. The Morgan fingerprint density at radius 3 is 2.24 bits per heavy atom. The molecule has 33 heavy (non-hydrogen) atoms. The normalized spacial score (nSPS) is 17.1. The summed E-state index contributed by atoms with van der Waals surface area (Å²) in [6.07, 6.45) is 4.01. The zero-order valence-electron chi connectivity index (χ0n) is 19.0. The number of likely N-dealkylation sites (tertiary alicyclic amines) is 1. The molecule has 2 aliphatic heterocycles. The largest absolute Gasteiger partial charge is 0.497 e. The molecule has 2 aromatic carbocycles. The molecule has 8 nitrogen and oxygen atoms in total. The predicted octanol–water partition coefficient (Wildman–Crippen LogP) is 3.45. The standard InChI is InChI=1S/C24H30N2O6S/c1-18(24(27)25-13-5-3-4-6-14-25)26(19-7-9-20(30-2)10-8-19)33(28,29)21-11-12-22-23(17-21)32-16-15-31-22/h7-12,17-18H,3-6,13-16H2,1-2H3/t18-/m1/s1. The number of benzene rings is 2. The Balaban J connectivity index is 1.73. The minimum atomic E-state index is -4.09. The summed E-state index contributed by atoms with van der Waals surface area (Å²) >= 11 is 0. The Hall–Kier alpha value is -2.94. The fraction of sp³-hybridized carbons (Fsp3) is 0.458. The number of carbonyl (C=O) groups is 1. The number of anilines is 1. The lowest BCUT2D eigenvalue weighted by Crippen LogP contribution is -2.50. The van der Waals surface area contributed by atoms with Crippen molar-refractivity contribution in [2.75, 3.05) is 37.7 Å². The number of ether oxygens (including phenoxy) is 3. The lowest BCUT2D eigenvalue weighted by atomic mass is 10.2. The quantitative estimate of drug-likeness (QED) is 0.638. The molecule has 0 N–H and O–H groups in total. The summed E-state index contributed by atoms with van der Waals surface area (Å²) in [5.41, 5.74) is 0.390. The summed E-state index contributed by atoms with van der Waals surface area (Å²) < 4.78 is 45.3. The molecule has 0 spiro atoms. The van der Waals surface area contributed by atoms with Gasteiger partial charge >= 0.3 is 0 Å². The summed E-state index contributed by atoms with van der Waals surface area (Å²) in [7, 11) is -2.54. The Morgan fingerprint density at radius 1 is 0.970 bits per heavy atom. The van der Waals surface area contributed by atoms with Gasteiger partial charge in [-0.2, -0.15) is 0 Å². The van der Waals surface area contributed by atoms with Crippen LogP contribution in [0.25, 0.3) is 0 Å². The van der Waals surface area contributed by atoms with Gasteiger partial charge in [-0.1, -0.05) is 12.8 Å². The third-order valence-electron chi connectivity index (χ3n) is 6.02. The van der Waals surface area contributed by atoms with E-state index in [0.717, 1.165) is 25.7 Å². The van der Waals surface area contributed by atoms with Crippen LogP contribution in [0, 0.1) is 0 Å². The van der Waals surface area contributed by atoms with Crippen molar-refractivity contribution in [2.45, 2.75) is 43.5 Å². The van der Waals surface area contributed by atoms with Crippen LogP contribution < -0.4 is 18.5 Å². The molecule has 2 heterocycles. The number of carbonyl (C=O) groups excluding carboxylic acids is 1. The van der Waals surface area contributed by atoms with E-state index in [1.807, 2.05) is 0 Å². The van der Waals surface area contributed by atoms with Gasteiger partial charge in [0.2, 0.25) is 5.91 Å². The summed E-state index contributed by atoms with van der Waals surface area (Å²) in [6, 6.07) is 10.3. The van der Waals surface area contributed by atoms with Crippen molar-refractivity contribution in [2.24, 2.45) is 0 Å². The maximum Gasteiger partial charge on any atom is 0.265 e. The smallest absolute Gasteiger partial charge is 0.265 e. The number of hydrogen-bond donors (Lipinski definition) is 0. The first-order valence-corrected chi connectivity index (χ1v) is 12.7. The molecular formula is C24H30N2O6S. The van der Waals surface area contributed by atoms with Gasteiger partial charge in [0, 0.05) is 19.2 Å². The number of methoxy groups -OCH3 is 1. The Morgan fingerprint density at radius 2 is 1.61 bits per heavy atom. The molecule has 0 bridgehead atoms. The van der Waals surface area contributed by atoms with E-state index in [1.165, 1.54) is 16.4 Å². The highest BCUT2D eigenvalue weighted by atomic mass is 32.2. The molecule has 0 radical (unpaired) electrons. The maximum atomic E-state index is 13.9. The highest BCUT2D eigenvalue weighted by Gasteiger charge is 2.36. The Bertz CT molecular complexity index is 1080. The van der Waals surface area contributed by atoms with Crippen molar-refractivity contribution < 1.29 is 27.4 Å². The van der Waals surface area contributed by atoms with E-state index in [-0.39, 0.29) is 10.8 Å². The molecule has 2 aliphatic rings. The van der Waals surface area contributed by atoms with Crippen LogP contribution in [0.3, 0.4) is 0 Å². The van der Waals surface area contributed by atoms with E-state index in [2.05, 4.69) is 0 Å². The first kappa shape index (κ1) is 23.2. The number of sulfonamides is 1. The van der Waals surface area contributed by atoms with Gasteiger partial charge in [0.05, 0.1) is 17.7 Å². The van der Waals surface area contributed by atoms with Crippen LogP contribution in [0.2, 0.25) is 0 Å². The fourth-order valence-corrected chi connectivity index (χ4v) is 5.88. The average Bonchev–Trinajstić information content (AvgIpc) is 3.13. The molecule has 4 rings (SSSR count). The van der Waals surface area contributed by atoms with Gasteiger partial charge in [-0.25, -0.2) is 8.42 Å². The first-order valence-electron chi connectivity index (χ1n) is 11.3. The Labute approximate surface area is 195 Å². The summed E-state index contributed by atoms with van der Waals surface area (Å²) in [5.74, 6) is 1.28. The second kappa shape index (κ2) is 9.91. The van der Waals surface area contributed by atoms with Crippen LogP contribution in [0.4, 0.5) is 5.69 Å².